The normalized spacial score (nSPS) is 11.4. The maximum atomic E-state index is 12.6. The number of hydrogen-bond acceptors (Lipinski definition) is 3. The number of carbonyl (C=O) groups excluding carboxylic acids is 1. The van der Waals surface area contributed by atoms with Crippen LogP contribution in [0.1, 0.15) is 38.7 Å². The van der Waals surface area contributed by atoms with E-state index in [-0.39, 0.29) is 5.78 Å². The lowest BCUT2D eigenvalue weighted by molar-refractivity contribution is 0.104. The zero-order valence-electron chi connectivity index (χ0n) is 15.2. The van der Waals surface area contributed by atoms with Crippen LogP contribution >= 0.6 is 0 Å². The van der Waals surface area contributed by atoms with Gasteiger partial charge in [0, 0.05) is 24.0 Å². The fourth-order valence-electron chi connectivity index (χ4n) is 3.09. The van der Waals surface area contributed by atoms with Gasteiger partial charge in [0.05, 0.1) is 22.6 Å². The van der Waals surface area contributed by atoms with Crippen LogP contribution in [-0.4, -0.2) is 25.3 Å². The van der Waals surface area contributed by atoms with E-state index in [4.69, 9.17) is 0 Å². The minimum Gasteiger partial charge on any atom is -0.289 e. The molecule has 2 heterocycles. The number of rotatable bonds is 4. The van der Waals surface area contributed by atoms with Crippen LogP contribution in [0.4, 0.5) is 0 Å². The fourth-order valence-corrected chi connectivity index (χ4v) is 3.09. The number of benzene rings is 1. The number of nitrogens with zero attached hydrogens (tertiary/aromatic N) is 4. The molecule has 0 unspecified atom stereocenters. The van der Waals surface area contributed by atoms with Crippen molar-refractivity contribution in [2.75, 3.05) is 0 Å². The van der Waals surface area contributed by atoms with Crippen molar-refractivity contribution in [3.05, 3.63) is 70.3 Å². The molecule has 0 aliphatic heterocycles. The Kier molecular flexibility index (Phi) is 4.40. The van der Waals surface area contributed by atoms with Crippen LogP contribution < -0.4 is 0 Å². The van der Waals surface area contributed by atoms with Crippen molar-refractivity contribution in [1.29, 1.82) is 0 Å². The van der Waals surface area contributed by atoms with E-state index in [1.165, 1.54) is 0 Å². The minimum absolute atomic E-state index is 0.0330. The average Bonchev–Trinajstić information content (AvgIpc) is 3.01. The van der Waals surface area contributed by atoms with E-state index in [0.29, 0.717) is 5.56 Å². The Morgan fingerprint density at radius 3 is 2.24 bits per heavy atom. The highest BCUT2D eigenvalue weighted by atomic mass is 16.1. The summed E-state index contributed by atoms with van der Waals surface area (Å²) in [7, 11) is 1.85. The SMILES string of the molecule is Cc1nn(-c2ccccc2)c(C)c1/C=C/C(=O)c1c(C)nn(C)c1C. The van der Waals surface area contributed by atoms with E-state index in [0.717, 1.165) is 34.0 Å². The predicted molar refractivity (Wildman–Crippen MR) is 99.1 cm³/mol. The van der Waals surface area contributed by atoms with Crippen molar-refractivity contribution in [2.24, 2.45) is 7.05 Å². The van der Waals surface area contributed by atoms with Crippen molar-refractivity contribution < 1.29 is 4.79 Å². The largest absolute Gasteiger partial charge is 0.289 e. The highest BCUT2D eigenvalue weighted by Gasteiger charge is 2.16. The number of allylic oxidation sites excluding steroid dienone is 1. The summed E-state index contributed by atoms with van der Waals surface area (Å²) in [5.41, 5.74) is 6.18. The van der Waals surface area contributed by atoms with Crippen LogP contribution in [0.5, 0.6) is 0 Å². The van der Waals surface area contributed by atoms with Crippen LogP contribution in [-0.2, 0) is 7.05 Å². The van der Waals surface area contributed by atoms with Gasteiger partial charge in [-0.2, -0.15) is 10.2 Å². The van der Waals surface area contributed by atoms with Crippen LogP contribution in [0.3, 0.4) is 0 Å². The molecule has 0 aliphatic carbocycles. The maximum Gasteiger partial charge on any atom is 0.189 e. The van der Waals surface area contributed by atoms with Gasteiger partial charge < -0.3 is 0 Å². The Morgan fingerprint density at radius 1 is 0.960 bits per heavy atom. The van der Waals surface area contributed by atoms with Gasteiger partial charge in [0.25, 0.3) is 0 Å². The van der Waals surface area contributed by atoms with Gasteiger partial charge in [0.15, 0.2) is 5.78 Å². The molecule has 0 N–H and O–H groups in total. The van der Waals surface area contributed by atoms with Crippen molar-refractivity contribution in [3.8, 4) is 5.69 Å². The lowest BCUT2D eigenvalue weighted by Gasteiger charge is -2.03. The molecule has 1 aromatic carbocycles. The van der Waals surface area contributed by atoms with Crippen LogP contribution in [0, 0.1) is 27.7 Å². The molecule has 5 nitrogen and oxygen atoms in total. The molecule has 0 atom stereocenters. The van der Waals surface area contributed by atoms with Crippen LogP contribution in [0.2, 0.25) is 0 Å². The van der Waals surface area contributed by atoms with Gasteiger partial charge >= 0.3 is 0 Å². The molecule has 2 aromatic heterocycles. The summed E-state index contributed by atoms with van der Waals surface area (Å²) >= 11 is 0. The summed E-state index contributed by atoms with van der Waals surface area (Å²) in [6.07, 6.45) is 3.47. The highest BCUT2D eigenvalue weighted by molar-refractivity contribution is 6.08. The van der Waals surface area contributed by atoms with Gasteiger partial charge in [-0.15, -0.1) is 0 Å². The summed E-state index contributed by atoms with van der Waals surface area (Å²) in [4.78, 5) is 12.6. The number of aryl methyl sites for hydroxylation is 3. The average molecular weight is 334 g/mol. The van der Waals surface area contributed by atoms with Gasteiger partial charge in [0.2, 0.25) is 0 Å². The second kappa shape index (κ2) is 6.51. The molecule has 3 aromatic rings. The number of aromatic nitrogens is 4. The molecule has 0 bridgehead atoms. The van der Waals surface area contributed by atoms with E-state index < -0.39 is 0 Å². The predicted octanol–water partition coefficient (Wildman–Crippen LogP) is 3.74. The van der Waals surface area contributed by atoms with Crippen molar-refractivity contribution in [3.63, 3.8) is 0 Å². The fraction of sp³-hybridized carbons (Fsp3) is 0.250. The van der Waals surface area contributed by atoms with Crippen LogP contribution in [0.15, 0.2) is 36.4 Å². The van der Waals surface area contributed by atoms with Crippen molar-refractivity contribution in [1.82, 2.24) is 19.6 Å². The third kappa shape index (κ3) is 3.05. The summed E-state index contributed by atoms with van der Waals surface area (Å²) in [5.74, 6) is -0.0330. The van der Waals surface area contributed by atoms with E-state index in [9.17, 15) is 4.79 Å². The molecular weight excluding hydrogens is 312 g/mol. The van der Waals surface area contributed by atoms with Gasteiger partial charge in [-0.25, -0.2) is 4.68 Å². The molecule has 0 amide bonds. The van der Waals surface area contributed by atoms with E-state index in [1.807, 2.05) is 75.8 Å². The summed E-state index contributed by atoms with van der Waals surface area (Å²) in [6, 6.07) is 9.98. The van der Waals surface area contributed by atoms with E-state index in [2.05, 4.69) is 10.2 Å². The van der Waals surface area contributed by atoms with E-state index >= 15 is 0 Å². The standard InChI is InChI=1S/C20H22N4O/c1-13-18(15(3)24(22-13)17-9-7-6-8-10-17)11-12-19(25)20-14(2)21-23(5)16(20)4/h6-12H,1-5H3/b12-11+. The van der Waals surface area contributed by atoms with Gasteiger partial charge in [-0.1, -0.05) is 18.2 Å². The topological polar surface area (TPSA) is 52.7 Å². The second-order valence-electron chi connectivity index (χ2n) is 6.20. The molecular formula is C20H22N4O. The van der Waals surface area contributed by atoms with Gasteiger partial charge in [0.1, 0.15) is 0 Å². The Balaban J connectivity index is 1.94. The number of para-hydroxylation sites is 1. The third-order valence-electron chi connectivity index (χ3n) is 4.50. The third-order valence-corrected chi connectivity index (χ3v) is 4.50. The molecule has 128 valence electrons. The quantitative estimate of drug-likeness (QED) is 0.539. The first kappa shape index (κ1) is 16.9. The minimum atomic E-state index is -0.0330. The van der Waals surface area contributed by atoms with E-state index in [1.54, 1.807) is 10.8 Å². The van der Waals surface area contributed by atoms with Crippen molar-refractivity contribution >= 4 is 11.9 Å². The molecule has 0 fully saturated rings. The Labute approximate surface area is 147 Å². The molecule has 0 spiro atoms. The summed E-state index contributed by atoms with van der Waals surface area (Å²) in [6.45, 7) is 7.73. The molecule has 0 saturated carbocycles. The first-order valence-corrected chi connectivity index (χ1v) is 8.24. The Bertz CT molecular complexity index is 961. The lowest BCUT2D eigenvalue weighted by atomic mass is 10.1. The zero-order chi connectivity index (χ0) is 18.1. The number of carbonyl (C=O) groups is 1. The lowest BCUT2D eigenvalue weighted by Crippen LogP contribution is -2.00. The maximum absolute atomic E-state index is 12.6. The summed E-state index contributed by atoms with van der Waals surface area (Å²) < 4.78 is 3.64. The first-order valence-electron chi connectivity index (χ1n) is 8.24. The van der Waals surface area contributed by atoms with Crippen molar-refractivity contribution in [2.45, 2.75) is 27.7 Å². The monoisotopic (exact) mass is 334 g/mol. The summed E-state index contributed by atoms with van der Waals surface area (Å²) in [5, 5.41) is 8.92. The molecule has 0 radical (unpaired) electrons. The smallest absolute Gasteiger partial charge is 0.189 e. The zero-order valence-corrected chi connectivity index (χ0v) is 15.2. The molecule has 0 saturated heterocycles. The second-order valence-corrected chi connectivity index (χ2v) is 6.20. The molecule has 5 heteroatoms. The highest BCUT2D eigenvalue weighted by Crippen LogP contribution is 2.20. The molecule has 0 aliphatic rings. The molecule has 3 rings (SSSR count). The Hall–Kier alpha value is -2.95. The molecule has 25 heavy (non-hydrogen) atoms. The first-order chi connectivity index (χ1) is 11.9. The van der Waals surface area contributed by atoms with Gasteiger partial charge in [-0.05, 0) is 52.0 Å². The van der Waals surface area contributed by atoms with Gasteiger partial charge in [-0.3, -0.25) is 9.48 Å². The number of hydrogen-bond donors (Lipinski definition) is 0. The van der Waals surface area contributed by atoms with Crippen LogP contribution in [0.25, 0.3) is 11.8 Å². The Morgan fingerprint density at radius 2 is 1.64 bits per heavy atom. The number of ketones is 1.